The van der Waals surface area contributed by atoms with Crippen LogP contribution < -0.4 is 0 Å². The lowest BCUT2D eigenvalue weighted by Gasteiger charge is -2.18. The number of esters is 2. The number of unbranched alkanes of at least 4 members (excludes halogenated alkanes) is 19. The Balaban J connectivity index is 3.74. The third-order valence-corrected chi connectivity index (χ3v) is 7.77. The van der Waals surface area contributed by atoms with Crippen molar-refractivity contribution in [3.05, 3.63) is 12.2 Å². The average Bonchev–Trinajstić information content (AvgIpc) is 2.95. The van der Waals surface area contributed by atoms with Crippen molar-refractivity contribution in [1.82, 2.24) is 0 Å². The van der Waals surface area contributed by atoms with Gasteiger partial charge in [-0.1, -0.05) is 129 Å². The minimum absolute atomic E-state index is 0.212. The summed E-state index contributed by atoms with van der Waals surface area (Å²) in [4.78, 5) is 41.9. The highest BCUT2D eigenvalue weighted by atomic mass is 31.2. The minimum atomic E-state index is -4.73. The fourth-order valence-electron chi connectivity index (χ4n) is 4.72. The molecule has 0 aliphatic heterocycles. The summed E-state index contributed by atoms with van der Waals surface area (Å²) in [6, 6.07) is 0. The maximum absolute atomic E-state index is 12.2. The number of hydrogen-bond acceptors (Lipinski definition) is 6. The molecule has 0 aromatic rings. The van der Waals surface area contributed by atoms with Crippen molar-refractivity contribution in [2.45, 2.75) is 174 Å². The maximum Gasteiger partial charge on any atom is 0.469 e. The molecule has 8 nitrogen and oxygen atoms in total. The van der Waals surface area contributed by atoms with E-state index in [9.17, 15) is 14.2 Å². The van der Waals surface area contributed by atoms with Gasteiger partial charge in [-0.25, -0.2) is 4.57 Å². The molecular formula is C33H63O8P. The van der Waals surface area contributed by atoms with Crippen LogP contribution in [0.4, 0.5) is 0 Å². The number of carbonyl (C=O) groups is 2. The Morgan fingerprint density at radius 3 is 1.50 bits per heavy atom. The Morgan fingerprint density at radius 1 is 0.595 bits per heavy atom. The van der Waals surface area contributed by atoms with Crippen LogP contribution in [0, 0.1) is 0 Å². The van der Waals surface area contributed by atoms with Gasteiger partial charge in [0.05, 0.1) is 6.61 Å². The van der Waals surface area contributed by atoms with Gasteiger partial charge in [0.1, 0.15) is 6.61 Å². The normalized spacial score (nSPS) is 12.6. The fourth-order valence-corrected chi connectivity index (χ4v) is 5.08. The molecule has 42 heavy (non-hydrogen) atoms. The second-order valence-electron chi connectivity index (χ2n) is 11.5. The molecular weight excluding hydrogens is 555 g/mol. The Morgan fingerprint density at radius 2 is 1.00 bits per heavy atom. The van der Waals surface area contributed by atoms with E-state index in [1.807, 2.05) is 6.92 Å². The van der Waals surface area contributed by atoms with E-state index in [1.165, 1.54) is 96.3 Å². The van der Waals surface area contributed by atoms with Gasteiger partial charge in [-0.05, 0) is 38.5 Å². The molecule has 0 bridgehead atoms. The zero-order valence-electron chi connectivity index (χ0n) is 26.9. The lowest BCUT2D eigenvalue weighted by atomic mass is 10.1. The van der Waals surface area contributed by atoms with Crippen molar-refractivity contribution >= 4 is 19.8 Å². The van der Waals surface area contributed by atoms with Crippen molar-refractivity contribution in [3.8, 4) is 0 Å². The van der Waals surface area contributed by atoms with Crippen LogP contribution in [0.25, 0.3) is 0 Å². The van der Waals surface area contributed by atoms with Crippen molar-refractivity contribution in [1.29, 1.82) is 0 Å². The monoisotopic (exact) mass is 618 g/mol. The second kappa shape index (κ2) is 29.8. The summed E-state index contributed by atoms with van der Waals surface area (Å²) in [7, 11) is -4.73. The number of allylic oxidation sites excluding steroid dienone is 2. The van der Waals surface area contributed by atoms with Gasteiger partial charge in [0.2, 0.25) is 0 Å². The number of hydrogen-bond donors (Lipinski definition) is 2. The van der Waals surface area contributed by atoms with E-state index in [0.717, 1.165) is 32.1 Å². The molecule has 0 amide bonds. The van der Waals surface area contributed by atoms with Crippen LogP contribution in [-0.2, 0) is 28.2 Å². The molecule has 0 saturated carbocycles. The first-order chi connectivity index (χ1) is 20.3. The summed E-state index contributed by atoms with van der Waals surface area (Å²) in [5.41, 5.74) is 0. The molecule has 9 heteroatoms. The smallest absolute Gasteiger partial charge is 0.462 e. The summed E-state index contributed by atoms with van der Waals surface area (Å²) < 4.78 is 25.9. The molecule has 0 heterocycles. The molecule has 0 aliphatic rings. The first kappa shape index (κ1) is 40.8. The van der Waals surface area contributed by atoms with Gasteiger partial charge in [-0.2, -0.15) is 0 Å². The topological polar surface area (TPSA) is 119 Å². The largest absolute Gasteiger partial charge is 0.469 e. The summed E-state index contributed by atoms with van der Waals surface area (Å²) in [6.45, 7) is 3.48. The highest BCUT2D eigenvalue weighted by molar-refractivity contribution is 7.46. The van der Waals surface area contributed by atoms with Crippen molar-refractivity contribution in [3.63, 3.8) is 0 Å². The van der Waals surface area contributed by atoms with Crippen LogP contribution >= 0.6 is 7.82 Å². The van der Waals surface area contributed by atoms with Gasteiger partial charge in [-0.3, -0.25) is 14.1 Å². The van der Waals surface area contributed by atoms with Gasteiger partial charge in [0.15, 0.2) is 6.10 Å². The SMILES string of the molecule is CCCCCCCCCC/C=C\CCCCCCCCCCCC(=O)OC(COC(=O)CCCCC)COP(=O)(O)O. The molecule has 0 aromatic heterocycles. The van der Waals surface area contributed by atoms with E-state index < -0.39 is 32.5 Å². The molecule has 0 aliphatic carbocycles. The van der Waals surface area contributed by atoms with Crippen LogP contribution in [0.3, 0.4) is 0 Å². The van der Waals surface area contributed by atoms with Gasteiger partial charge in [-0.15, -0.1) is 0 Å². The quantitative estimate of drug-likeness (QED) is 0.0341. The van der Waals surface area contributed by atoms with Crippen LogP contribution in [0.15, 0.2) is 12.2 Å². The molecule has 0 fully saturated rings. The molecule has 0 saturated heterocycles. The predicted molar refractivity (Wildman–Crippen MR) is 170 cm³/mol. The standard InChI is InChI=1S/C33H63O8P/c1-3-5-7-8-9-10-11-12-13-14-15-16-17-18-19-20-21-22-23-24-26-28-33(35)41-31(30-40-42(36,37)38)29-39-32(34)27-25-6-4-2/h14-15,31H,3-13,16-30H2,1-2H3,(H2,36,37,38)/b15-14-. The third kappa shape index (κ3) is 31.7. The van der Waals surface area contributed by atoms with Crippen LogP contribution in [0.2, 0.25) is 0 Å². The zero-order chi connectivity index (χ0) is 31.2. The van der Waals surface area contributed by atoms with Crippen molar-refractivity contribution < 1.29 is 37.9 Å². The van der Waals surface area contributed by atoms with Crippen molar-refractivity contribution in [2.24, 2.45) is 0 Å². The fraction of sp³-hybridized carbons (Fsp3) is 0.879. The van der Waals surface area contributed by atoms with Gasteiger partial charge in [0.25, 0.3) is 0 Å². The average molecular weight is 619 g/mol. The van der Waals surface area contributed by atoms with Crippen molar-refractivity contribution in [2.75, 3.05) is 13.2 Å². The van der Waals surface area contributed by atoms with Crippen LogP contribution in [-0.4, -0.2) is 41.0 Å². The van der Waals surface area contributed by atoms with E-state index in [2.05, 4.69) is 23.6 Å². The Kier molecular flexibility index (Phi) is 29.0. The van der Waals surface area contributed by atoms with Gasteiger partial charge >= 0.3 is 19.8 Å². The maximum atomic E-state index is 12.2. The number of ether oxygens (including phenoxy) is 2. The highest BCUT2D eigenvalue weighted by Crippen LogP contribution is 2.35. The Labute approximate surface area is 257 Å². The van der Waals surface area contributed by atoms with E-state index in [-0.39, 0.29) is 19.4 Å². The Hall–Kier alpha value is -1.21. The summed E-state index contributed by atoms with van der Waals surface area (Å²) in [5.74, 6) is -0.912. The molecule has 1 atom stereocenters. The molecule has 0 rings (SSSR count). The van der Waals surface area contributed by atoms with E-state index in [4.69, 9.17) is 19.3 Å². The minimum Gasteiger partial charge on any atom is -0.462 e. The molecule has 0 aromatic carbocycles. The first-order valence-corrected chi connectivity index (χ1v) is 18.5. The molecule has 1 unspecified atom stereocenters. The summed E-state index contributed by atoms with van der Waals surface area (Å²) in [5, 5.41) is 0. The van der Waals surface area contributed by atoms with Crippen LogP contribution in [0.5, 0.6) is 0 Å². The summed E-state index contributed by atoms with van der Waals surface area (Å²) in [6.07, 6.45) is 30.3. The number of rotatable bonds is 31. The number of phosphoric ester groups is 1. The number of carbonyl (C=O) groups excluding carboxylic acids is 2. The zero-order valence-corrected chi connectivity index (χ0v) is 27.8. The first-order valence-electron chi connectivity index (χ1n) is 17.0. The third-order valence-electron chi connectivity index (χ3n) is 7.28. The lowest BCUT2D eigenvalue weighted by molar-refractivity contribution is -0.161. The molecule has 2 N–H and O–H groups in total. The predicted octanol–water partition coefficient (Wildman–Crippen LogP) is 9.51. The summed E-state index contributed by atoms with van der Waals surface area (Å²) >= 11 is 0. The van der Waals surface area contributed by atoms with E-state index >= 15 is 0 Å². The Bertz CT molecular complexity index is 706. The van der Waals surface area contributed by atoms with Crippen LogP contribution in [0.1, 0.15) is 168 Å². The second-order valence-corrected chi connectivity index (χ2v) is 12.7. The number of phosphoric acid groups is 1. The van der Waals surface area contributed by atoms with E-state index in [0.29, 0.717) is 12.8 Å². The highest BCUT2D eigenvalue weighted by Gasteiger charge is 2.22. The lowest BCUT2D eigenvalue weighted by Crippen LogP contribution is -2.29. The van der Waals surface area contributed by atoms with E-state index in [1.54, 1.807) is 0 Å². The van der Waals surface area contributed by atoms with Gasteiger partial charge < -0.3 is 19.3 Å². The molecule has 0 spiro atoms. The molecule has 248 valence electrons. The van der Waals surface area contributed by atoms with Gasteiger partial charge in [0, 0.05) is 12.8 Å². The molecule has 0 radical (unpaired) electrons.